The SMILES string of the molecule is Cl.Cl.Cn1cc(CCN2CCNCC2c2cccc(F)c2)cn1. The van der Waals surface area contributed by atoms with Gasteiger partial charge in [-0.05, 0) is 29.7 Å². The Labute approximate surface area is 148 Å². The lowest BCUT2D eigenvalue weighted by Crippen LogP contribution is -2.46. The predicted molar refractivity (Wildman–Crippen MR) is 95.0 cm³/mol. The minimum atomic E-state index is -0.162. The molecule has 0 radical (unpaired) electrons. The van der Waals surface area contributed by atoms with Gasteiger partial charge < -0.3 is 5.32 Å². The van der Waals surface area contributed by atoms with Gasteiger partial charge in [0.2, 0.25) is 0 Å². The van der Waals surface area contributed by atoms with Crippen LogP contribution in [0.25, 0.3) is 0 Å². The van der Waals surface area contributed by atoms with Gasteiger partial charge in [-0.1, -0.05) is 12.1 Å². The van der Waals surface area contributed by atoms with Crippen LogP contribution in [-0.2, 0) is 13.5 Å². The maximum atomic E-state index is 13.5. The Morgan fingerprint density at radius 2 is 2.17 bits per heavy atom. The summed E-state index contributed by atoms with van der Waals surface area (Å²) in [7, 11) is 1.93. The van der Waals surface area contributed by atoms with Gasteiger partial charge in [-0.25, -0.2) is 4.39 Å². The number of hydrogen-bond donors (Lipinski definition) is 1. The third-order valence-electron chi connectivity index (χ3n) is 4.03. The first kappa shape index (κ1) is 19.9. The Hall–Kier alpha value is -1.14. The van der Waals surface area contributed by atoms with Crippen molar-refractivity contribution in [1.29, 1.82) is 0 Å². The molecule has 1 aromatic carbocycles. The first-order valence-corrected chi connectivity index (χ1v) is 7.40. The lowest BCUT2D eigenvalue weighted by atomic mass is 10.0. The summed E-state index contributed by atoms with van der Waals surface area (Å²) < 4.78 is 15.3. The largest absolute Gasteiger partial charge is 0.314 e. The van der Waals surface area contributed by atoms with E-state index in [1.54, 1.807) is 12.1 Å². The fourth-order valence-corrected chi connectivity index (χ4v) is 2.93. The molecule has 7 heteroatoms. The van der Waals surface area contributed by atoms with Gasteiger partial charge >= 0.3 is 0 Å². The molecule has 0 amide bonds. The first-order chi connectivity index (χ1) is 10.2. The van der Waals surface area contributed by atoms with Crippen molar-refractivity contribution in [2.75, 3.05) is 26.2 Å². The smallest absolute Gasteiger partial charge is 0.123 e. The van der Waals surface area contributed by atoms with Gasteiger partial charge in [0.05, 0.1) is 6.20 Å². The second kappa shape index (κ2) is 9.23. The van der Waals surface area contributed by atoms with Crippen LogP contribution in [0.4, 0.5) is 4.39 Å². The molecular weight excluding hydrogens is 338 g/mol. The standard InChI is InChI=1S/C16H21FN4.2ClH/c1-20-12-13(10-19-20)5-7-21-8-6-18-11-16(21)14-3-2-4-15(17)9-14;;/h2-4,9-10,12,16,18H,5-8,11H2,1H3;2*1H. The molecule has 2 heterocycles. The summed E-state index contributed by atoms with van der Waals surface area (Å²) in [6.45, 7) is 3.81. The maximum Gasteiger partial charge on any atom is 0.123 e. The van der Waals surface area contributed by atoms with E-state index in [0.717, 1.165) is 38.2 Å². The molecule has 128 valence electrons. The summed E-state index contributed by atoms with van der Waals surface area (Å²) in [6, 6.07) is 7.19. The minimum Gasteiger partial charge on any atom is -0.314 e. The molecule has 1 saturated heterocycles. The third kappa shape index (κ3) is 5.18. The van der Waals surface area contributed by atoms with Crippen LogP contribution in [0.3, 0.4) is 0 Å². The number of piperazine rings is 1. The highest BCUT2D eigenvalue weighted by Crippen LogP contribution is 2.23. The molecule has 1 aromatic heterocycles. The second-order valence-electron chi connectivity index (χ2n) is 5.58. The molecule has 1 N–H and O–H groups in total. The van der Waals surface area contributed by atoms with Crippen LogP contribution in [0.1, 0.15) is 17.2 Å². The molecule has 1 aliphatic rings. The molecule has 4 nitrogen and oxygen atoms in total. The van der Waals surface area contributed by atoms with Crippen LogP contribution in [0.2, 0.25) is 0 Å². The topological polar surface area (TPSA) is 33.1 Å². The number of nitrogens with one attached hydrogen (secondary N) is 1. The fraction of sp³-hybridized carbons (Fsp3) is 0.438. The molecule has 1 fully saturated rings. The van der Waals surface area contributed by atoms with Crippen LogP contribution in [0, 0.1) is 5.82 Å². The lowest BCUT2D eigenvalue weighted by Gasteiger charge is -2.36. The van der Waals surface area contributed by atoms with Gasteiger partial charge in [-0.15, -0.1) is 24.8 Å². The number of nitrogens with zero attached hydrogens (tertiary/aromatic N) is 3. The van der Waals surface area contributed by atoms with E-state index in [9.17, 15) is 4.39 Å². The van der Waals surface area contributed by atoms with E-state index in [4.69, 9.17) is 0 Å². The summed E-state index contributed by atoms with van der Waals surface area (Å²) in [5.41, 5.74) is 2.29. The molecule has 23 heavy (non-hydrogen) atoms. The molecule has 0 aliphatic carbocycles. The van der Waals surface area contributed by atoms with E-state index in [1.165, 1.54) is 11.6 Å². The van der Waals surface area contributed by atoms with Crippen molar-refractivity contribution >= 4 is 24.8 Å². The van der Waals surface area contributed by atoms with Gasteiger partial charge in [0.1, 0.15) is 5.82 Å². The summed E-state index contributed by atoms with van der Waals surface area (Å²) in [6.07, 6.45) is 4.94. The average molecular weight is 361 g/mol. The quantitative estimate of drug-likeness (QED) is 0.909. The van der Waals surface area contributed by atoms with Crippen LogP contribution < -0.4 is 5.32 Å². The molecular formula is C16H23Cl2FN4. The highest BCUT2D eigenvalue weighted by Gasteiger charge is 2.23. The zero-order chi connectivity index (χ0) is 14.7. The van der Waals surface area contributed by atoms with Crippen molar-refractivity contribution in [3.63, 3.8) is 0 Å². The third-order valence-corrected chi connectivity index (χ3v) is 4.03. The van der Waals surface area contributed by atoms with Crippen molar-refractivity contribution in [2.45, 2.75) is 12.5 Å². The molecule has 0 spiro atoms. The Morgan fingerprint density at radius 3 is 2.87 bits per heavy atom. The number of aromatic nitrogens is 2. The van der Waals surface area contributed by atoms with Crippen molar-refractivity contribution in [3.05, 3.63) is 53.6 Å². The van der Waals surface area contributed by atoms with Crippen molar-refractivity contribution < 1.29 is 4.39 Å². The van der Waals surface area contributed by atoms with Gasteiger partial charge in [-0.2, -0.15) is 5.10 Å². The Kier molecular flexibility index (Phi) is 7.99. The lowest BCUT2D eigenvalue weighted by molar-refractivity contribution is 0.164. The minimum absolute atomic E-state index is 0. The Balaban J connectivity index is 0.00000132. The highest BCUT2D eigenvalue weighted by atomic mass is 35.5. The normalized spacial score (nSPS) is 18.1. The van der Waals surface area contributed by atoms with E-state index in [0.29, 0.717) is 0 Å². The van der Waals surface area contributed by atoms with Crippen molar-refractivity contribution in [3.8, 4) is 0 Å². The molecule has 0 bridgehead atoms. The Bertz CT molecular complexity index is 605. The van der Waals surface area contributed by atoms with Crippen molar-refractivity contribution in [1.82, 2.24) is 20.0 Å². The molecule has 2 aromatic rings. The summed E-state index contributed by atoms with van der Waals surface area (Å²) in [4.78, 5) is 2.43. The summed E-state index contributed by atoms with van der Waals surface area (Å²) in [5, 5.41) is 7.61. The average Bonchev–Trinajstić information content (AvgIpc) is 2.91. The number of rotatable bonds is 4. The molecule has 1 aliphatic heterocycles. The van der Waals surface area contributed by atoms with Crippen LogP contribution in [0.15, 0.2) is 36.7 Å². The summed E-state index contributed by atoms with van der Waals surface area (Å²) in [5.74, 6) is -0.162. The van der Waals surface area contributed by atoms with Gasteiger partial charge in [0.15, 0.2) is 0 Å². The van der Waals surface area contributed by atoms with Crippen LogP contribution in [-0.4, -0.2) is 40.9 Å². The predicted octanol–water partition coefficient (Wildman–Crippen LogP) is 2.59. The van der Waals surface area contributed by atoms with E-state index >= 15 is 0 Å². The number of halogens is 3. The number of benzene rings is 1. The fourth-order valence-electron chi connectivity index (χ4n) is 2.93. The Morgan fingerprint density at radius 1 is 1.35 bits per heavy atom. The first-order valence-electron chi connectivity index (χ1n) is 7.40. The molecule has 0 saturated carbocycles. The zero-order valence-corrected chi connectivity index (χ0v) is 14.7. The number of hydrogen-bond acceptors (Lipinski definition) is 3. The molecule has 1 unspecified atom stereocenters. The van der Waals surface area contributed by atoms with Crippen molar-refractivity contribution in [2.24, 2.45) is 7.05 Å². The maximum absolute atomic E-state index is 13.5. The monoisotopic (exact) mass is 360 g/mol. The van der Waals surface area contributed by atoms with E-state index in [1.807, 2.05) is 24.0 Å². The van der Waals surface area contributed by atoms with Gasteiger partial charge in [0, 0.05) is 45.5 Å². The zero-order valence-electron chi connectivity index (χ0n) is 13.1. The molecule has 1 atom stereocenters. The summed E-state index contributed by atoms with van der Waals surface area (Å²) >= 11 is 0. The highest BCUT2D eigenvalue weighted by molar-refractivity contribution is 5.85. The van der Waals surface area contributed by atoms with E-state index in [-0.39, 0.29) is 36.7 Å². The van der Waals surface area contributed by atoms with Crippen LogP contribution >= 0.6 is 24.8 Å². The van der Waals surface area contributed by atoms with Crippen LogP contribution in [0.5, 0.6) is 0 Å². The number of aryl methyl sites for hydroxylation is 1. The van der Waals surface area contributed by atoms with Gasteiger partial charge in [0.25, 0.3) is 0 Å². The van der Waals surface area contributed by atoms with Gasteiger partial charge in [-0.3, -0.25) is 9.58 Å². The van der Waals surface area contributed by atoms with E-state index in [2.05, 4.69) is 21.5 Å². The second-order valence-corrected chi connectivity index (χ2v) is 5.58. The molecule has 3 rings (SSSR count). The van der Waals surface area contributed by atoms with E-state index < -0.39 is 0 Å².